The van der Waals surface area contributed by atoms with E-state index in [9.17, 15) is 13.2 Å². The summed E-state index contributed by atoms with van der Waals surface area (Å²) in [5, 5.41) is 7.57. The van der Waals surface area contributed by atoms with Crippen LogP contribution in [0.1, 0.15) is 17.0 Å². The summed E-state index contributed by atoms with van der Waals surface area (Å²) < 4.78 is 42.9. The van der Waals surface area contributed by atoms with Gasteiger partial charge in [0.25, 0.3) is 0 Å². The molecule has 0 aliphatic carbocycles. The first-order chi connectivity index (χ1) is 13.5. The molecule has 3 heterocycles. The average Bonchev–Trinajstić information content (AvgIpc) is 3.09. The van der Waals surface area contributed by atoms with Crippen molar-refractivity contribution < 1.29 is 17.7 Å². The molecule has 1 fully saturated rings. The molecule has 2 aliphatic heterocycles. The molecule has 5 nitrogen and oxygen atoms in total. The van der Waals surface area contributed by atoms with Crippen molar-refractivity contribution >= 4 is 23.1 Å². The summed E-state index contributed by atoms with van der Waals surface area (Å²) in [5.74, 6) is 3.05. The molecule has 0 atom stereocenters. The van der Waals surface area contributed by atoms with Crippen LogP contribution in [0.4, 0.5) is 24.5 Å². The number of piperazine rings is 1. The minimum Gasteiger partial charge on any atom is -0.379 e. The van der Waals surface area contributed by atoms with E-state index >= 15 is 0 Å². The van der Waals surface area contributed by atoms with E-state index in [1.54, 1.807) is 0 Å². The molecule has 1 saturated heterocycles. The first kappa shape index (κ1) is 19.4. The number of benzene rings is 1. The first-order valence-corrected chi connectivity index (χ1v) is 10.6. The zero-order valence-electron chi connectivity index (χ0n) is 15.5. The van der Waals surface area contributed by atoms with Gasteiger partial charge in [0, 0.05) is 61.0 Å². The Morgan fingerprint density at radius 1 is 1.11 bits per heavy atom. The lowest BCUT2D eigenvalue weighted by Gasteiger charge is -2.36. The summed E-state index contributed by atoms with van der Waals surface area (Å²) in [6.07, 6.45) is -3.19. The standard InChI is InChI=1S/C19H23F3N4OS/c20-19(21,22)13-25-6-8-26(9-7-25)15-3-1-14(2-4-15)23-11-17-16-12-28-10-5-18(16)27-24-17/h1-4,23H,5-13H2. The van der Waals surface area contributed by atoms with Crippen molar-refractivity contribution in [2.75, 3.05) is 48.7 Å². The van der Waals surface area contributed by atoms with Crippen LogP contribution in [-0.2, 0) is 18.7 Å². The molecule has 0 bridgehead atoms. The molecular weight excluding hydrogens is 389 g/mol. The molecule has 0 spiro atoms. The number of nitrogens with one attached hydrogen (secondary N) is 1. The number of alkyl halides is 3. The van der Waals surface area contributed by atoms with Crippen molar-refractivity contribution in [2.24, 2.45) is 0 Å². The quantitative estimate of drug-likeness (QED) is 0.807. The van der Waals surface area contributed by atoms with Crippen molar-refractivity contribution in [3.05, 3.63) is 41.3 Å². The second-order valence-corrected chi connectivity index (χ2v) is 8.22. The topological polar surface area (TPSA) is 44.5 Å². The summed E-state index contributed by atoms with van der Waals surface area (Å²) in [5.41, 5.74) is 4.20. The number of hydrogen-bond acceptors (Lipinski definition) is 6. The van der Waals surface area contributed by atoms with Crippen molar-refractivity contribution in [3.8, 4) is 0 Å². The van der Waals surface area contributed by atoms with Crippen molar-refractivity contribution in [3.63, 3.8) is 0 Å². The number of thioether (sulfide) groups is 1. The van der Waals surface area contributed by atoms with Crippen LogP contribution in [0, 0.1) is 0 Å². The highest BCUT2D eigenvalue weighted by Gasteiger charge is 2.32. The lowest BCUT2D eigenvalue weighted by Crippen LogP contribution is -2.49. The van der Waals surface area contributed by atoms with Crippen LogP contribution >= 0.6 is 11.8 Å². The summed E-state index contributed by atoms with van der Waals surface area (Å²) in [6.45, 7) is 1.85. The van der Waals surface area contributed by atoms with Gasteiger partial charge in [0.15, 0.2) is 0 Å². The maximum Gasteiger partial charge on any atom is 0.401 e. The molecule has 9 heteroatoms. The Kier molecular flexibility index (Phi) is 5.73. The monoisotopic (exact) mass is 412 g/mol. The molecule has 4 rings (SSSR count). The summed E-state index contributed by atoms with van der Waals surface area (Å²) in [7, 11) is 0. The Balaban J connectivity index is 1.29. The molecule has 0 unspecified atom stereocenters. The van der Waals surface area contributed by atoms with Gasteiger partial charge in [0.1, 0.15) is 11.5 Å². The van der Waals surface area contributed by atoms with E-state index < -0.39 is 12.7 Å². The predicted octanol–water partition coefficient (Wildman–Crippen LogP) is 3.76. The van der Waals surface area contributed by atoms with Gasteiger partial charge in [0.05, 0.1) is 13.1 Å². The molecule has 28 heavy (non-hydrogen) atoms. The summed E-state index contributed by atoms with van der Waals surface area (Å²) in [4.78, 5) is 3.59. The molecule has 1 N–H and O–H groups in total. The normalized spacial score (nSPS) is 18.2. The maximum atomic E-state index is 12.5. The first-order valence-electron chi connectivity index (χ1n) is 9.40. The van der Waals surface area contributed by atoms with Crippen molar-refractivity contribution in [1.82, 2.24) is 10.1 Å². The second-order valence-electron chi connectivity index (χ2n) is 7.11. The van der Waals surface area contributed by atoms with Gasteiger partial charge in [-0.25, -0.2) is 0 Å². The number of aromatic nitrogens is 1. The van der Waals surface area contributed by atoms with Crippen LogP contribution in [0.5, 0.6) is 0 Å². The van der Waals surface area contributed by atoms with Crippen LogP contribution in [0.2, 0.25) is 0 Å². The van der Waals surface area contributed by atoms with Gasteiger partial charge < -0.3 is 14.7 Å². The van der Waals surface area contributed by atoms with Crippen molar-refractivity contribution in [1.29, 1.82) is 0 Å². The van der Waals surface area contributed by atoms with E-state index in [-0.39, 0.29) is 0 Å². The van der Waals surface area contributed by atoms with Crippen LogP contribution in [0.3, 0.4) is 0 Å². The summed E-state index contributed by atoms with van der Waals surface area (Å²) >= 11 is 1.90. The highest BCUT2D eigenvalue weighted by molar-refractivity contribution is 7.98. The molecule has 152 valence electrons. The third-order valence-electron chi connectivity index (χ3n) is 5.14. The Morgan fingerprint density at radius 3 is 2.57 bits per heavy atom. The third kappa shape index (κ3) is 4.75. The van der Waals surface area contributed by atoms with Crippen molar-refractivity contribution in [2.45, 2.75) is 24.9 Å². The Hall–Kier alpha value is -1.87. The van der Waals surface area contributed by atoms with Gasteiger partial charge in [-0.05, 0) is 24.3 Å². The van der Waals surface area contributed by atoms with E-state index in [2.05, 4.69) is 15.4 Å². The second kappa shape index (κ2) is 8.24. The van der Waals surface area contributed by atoms with Crippen LogP contribution < -0.4 is 10.2 Å². The van der Waals surface area contributed by atoms with E-state index in [1.165, 1.54) is 10.5 Å². The smallest absolute Gasteiger partial charge is 0.379 e. The molecule has 0 saturated carbocycles. The Labute approximate surface area is 166 Å². The average molecular weight is 412 g/mol. The van der Waals surface area contributed by atoms with Crippen LogP contribution in [-0.4, -0.2) is 54.7 Å². The fraction of sp³-hybridized carbons (Fsp3) is 0.526. The predicted molar refractivity (Wildman–Crippen MR) is 105 cm³/mol. The van der Waals surface area contributed by atoms with E-state index in [0.717, 1.165) is 40.8 Å². The SMILES string of the molecule is FC(F)(F)CN1CCN(c2ccc(NCc3noc4c3CSCC4)cc2)CC1. The fourth-order valence-corrected chi connectivity index (χ4v) is 4.62. The minimum absolute atomic E-state index is 0.425. The third-order valence-corrected chi connectivity index (χ3v) is 6.12. The Bertz CT molecular complexity index is 785. The number of rotatable bonds is 5. The number of hydrogen-bond donors (Lipinski definition) is 1. The van der Waals surface area contributed by atoms with E-state index in [1.807, 2.05) is 36.0 Å². The van der Waals surface area contributed by atoms with Gasteiger partial charge in [0.2, 0.25) is 0 Å². The van der Waals surface area contributed by atoms with Gasteiger partial charge in [-0.3, -0.25) is 4.90 Å². The number of halogens is 3. The number of nitrogens with zero attached hydrogens (tertiary/aromatic N) is 3. The zero-order chi connectivity index (χ0) is 19.6. The number of anilines is 2. The van der Waals surface area contributed by atoms with Crippen LogP contribution in [0.25, 0.3) is 0 Å². The number of fused-ring (bicyclic) bond motifs is 1. The molecule has 1 aromatic heterocycles. The highest BCUT2D eigenvalue weighted by Crippen LogP contribution is 2.28. The fourth-order valence-electron chi connectivity index (χ4n) is 3.61. The van der Waals surface area contributed by atoms with E-state index in [4.69, 9.17) is 4.52 Å². The maximum absolute atomic E-state index is 12.5. The lowest BCUT2D eigenvalue weighted by atomic mass is 10.1. The van der Waals surface area contributed by atoms with Gasteiger partial charge in [-0.2, -0.15) is 24.9 Å². The molecular formula is C19H23F3N4OS. The highest BCUT2D eigenvalue weighted by atomic mass is 32.2. The number of aryl methyl sites for hydroxylation is 1. The van der Waals surface area contributed by atoms with Crippen LogP contribution in [0.15, 0.2) is 28.8 Å². The largest absolute Gasteiger partial charge is 0.401 e. The molecule has 0 amide bonds. The Morgan fingerprint density at radius 2 is 1.86 bits per heavy atom. The minimum atomic E-state index is -4.13. The van der Waals surface area contributed by atoms with Gasteiger partial charge >= 0.3 is 6.18 Å². The van der Waals surface area contributed by atoms with E-state index in [0.29, 0.717) is 32.7 Å². The van der Waals surface area contributed by atoms with Gasteiger partial charge in [-0.1, -0.05) is 5.16 Å². The molecule has 2 aliphatic rings. The van der Waals surface area contributed by atoms with Gasteiger partial charge in [-0.15, -0.1) is 0 Å². The summed E-state index contributed by atoms with van der Waals surface area (Å²) in [6, 6.07) is 8.02. The molecule has 1 aromatic carbocycles. The lowest BCUT2D eigenvalue weighted by molar-refractivity contribution is -0.146. The zero-order valence-corrected chi connectivity index (χ0v) is 16.3. The molecule has 2 aromatic rings. The molecule has 0 radical (unpaired) electrons.